The van der Waals surface area contributed by atoms with E-state index in [-0.39, 0.29) is 29.2 Å². The topological polar surface area (TPSA) is 127 Å². The Morgan fingerprint density at radius 1 is 1.05 bits per heavy atom. The lowest BCUT2D eigenvalue weighted by Crippen LogP contribution is -2.08. The van der Waals surface area contributed by atoms with Crippen molar-refractivity contribution < 1.29 is 29.4 Å². The van der Waals surface area contributed by atoms with E-state index < -0.39 is 13.5 Å². The van der Waals surface area contributed by atoms with Gasteiger partial charge in [0, 0.05) is 6.42 Å². The van der Waals surface area contributed by atoms with E-state index in [0.29, 0.717) is 5.56 Å². The van der Waals surface area contributed by atoms with Gasteiger partial charge in [0.1, 0.15) is 11.5 Å². The van der Waals surface area contributed by atoms with Crippen LogP contribution in [0.3, 0.4) is 0 Å². The fourth-order valence-corrected chi connectivity index (χ4v) is 2.47. The number of anilines is 1. The van der Waals surface area contributed by atoms with Gasteiger partial charge in [0.2, 0.25) is 0 Å². The second kappa shape index (κ2) is 6.19. The second-order valence-electron chi connectivity index (χ2n) is 4.62. The molecule has 8 heteroatoms. The Morgan fingerprint density at radius 2 is 1.68 bits per heavy atom. The minimum Gasteiger partial charge on any atom is -0.508 e. The quantitative estimate of drug-likeness (QED) is 0.421. The van der Waals surface area contributed by atoms with Crippen molar-refractivity contribution in [2.45, 2.75) is 6.42 Å². The highest BCUT2D eigenvalue weighted by molar-refractivity contribution is 7.53. The van der Waals surface area contributed by atoms with Crippen molar-refractivity contribution in [1.82, 2.24) is 0 Å². The molecule has 2 aromatic rings. The molecule has 0 unspecified atom stereocenters. The Bertz CT molecular complexity index is 737. The Morgan fingerprint density at radius 3 is 2.27 bits per heavy atom. The van der Waals surface area contributed by atoms with Gasteiger partial charge in [-0.05, 0) is 29.8 Å². The molecule has 0 aliphatic rings. The molecule has 7 nitrogen and oxygen atoms in total. The molecule has 0 spiro atoms. The summed E-state index contributed by atoms with van der Waals surface area (Å²) in [6.45, 7) is 0. The Labute approximate surface area is 126 Å². The predicted molar refractivity (Wildman–Crippen MR) is 79.9 cm³/mol. The van der Waals surface area contributed by atoms with Crippen molar-refractivity contribution in [1.29, 1.82) is 0 Å². The number of rotatable bonds is 5. The van der Waals surface area contributed by atoms with E-state index >= 15 is 0 Å². The molecule has 0 bridgehead atoms. The van der Waals surface area contributed by atoms with E-state index in [1.165, 1.54) is 30.3 Å². The first-order valence-corrected chi connectivity index (χ1v) is 7.84. The number of hydrogen-bond acceptors (Lipinski definition) is 4. The SMILES string of the molecule is O=C(Cc1ccc(O)cc1)c1c(O)cccc1NP(=O)(O)O. The van der Waals surface area contributed by atoms with Crippen LogP contribution in [0.1, 0.15) is 15.9 Å². The zero-order chi connectivity index (χ0) is 16.3. The van der Waals surface area contributed by atoms with Gasteiger partial charge in [0.15, 0.2) is 5.78 Å². The molecule has 0 aliphatic carbocycles. The Hall–Kier alpha value is -2.34. The van der Waals surface area contributed by atoms with Gasteiger partial charge in [-0.15, -0.1) is 0 Å². The zero-order valence-electron chi connectivity index (χ0n) is 11.3. The molecule has 0 fully saturated rings. The molecule has 22 heavy (non-hydrogen) atoms. The molecular formula is C14H14NO6P. The maximum Gasteiger partial charge on any atom is 0.427 e. The van der Waals surface area contributed by atoms with Gasteiger partial charge >= 0.3 is 7.75 Å². The van der Waals surface area contributed by atoms with Crippen molar-refractivity contribution in [2.24, 2.45) is 0 Å². The van der Waals surface area contributed by atoms with Crippen molar-refractivity contribution in [2.75, 3.05) is 5.09 Å². The van der Waals surface area contributed by atoms with Crippen molar-refractivity contribution in [3.05, 3.63) is 53.6 Å². The summed E-state index contributed by atoms with van der Waals surface area (Å²) in [6.07, 6.45) is -0.0896. The molecule has 0 heterocycles. The molecule has 0 radical (unpaired) electrons. The lowest BCUT2D eigenvalue weighted by Gasteiger charge is -2.13. The molecular weight excluding hydrogens is 309 g/mol. The largest absolute Gasteiger partial charge is 0.508 e. The third-order valence-electron chi connectivity index (χ3n) is 2.89. The lowest BCUT2D eigenvalue weighted by atomic mass is 10.0. The van der Waals surface area contributed by atoms with E-state index in [1.807, 2.05) is 5.09 Å². The monoisotopic (exact) mass is 323 g/mol. The number of hydrogen-bond donors (Lipinski definition) is 5. The third kappa shape index (κ3) is 4.08. The Kier molecular flexibility index (Phi) is 4.51. The molecule has 2 rings (SSSR count). The molecule has 2 aromatic carbocycles. The van der Waals surface area contributed by atoms with Gasteiger partial charge in [0.25, 0.3) is 0 Å². The molecule has 0 amide bonds. The summed E-state index contributed by atoms with van der Waals surface area (Å²) in [6, 6.07) is 9.85. The number of carbonyl (C=O) groups excluding carboxylic acids is 1. The summed E-state index contributed by atoms with van der Waals surface area (Å²) in [5.74, 6) is -0.829. The van der Waals surface area contributed by atoms with Crippen LogP contribution in [0.4, 0.5) is 5.69 Å². The molecule has 116 valence electrons. The predicted octanol–water partition coefficient (Wildman–Crippen LogP) is 2.03. The van der Waals surface area contributed by atoms with Gasteiger partial charge in [-0.3, -0.25) is 9.88 Å². The number of carbonyl (C=O) groups is 1. The van der Waals surface area contributed by atoms with Crippen LogP contribution in [0.25, 0.3) is 0 Å². The molecule has 5 N–H and O–H groups in total. The second-order valence-corrected chi connectivity index (χ2v) is 5.93. The van der Waals surface area contributed by atoms with E-state index in [0.717, 1.165) is 0 Å². The first-order valence-electron chi connectivity index (χ1n) is 6.23. The highest BCUT2D eigenvalue weighted by atomic mass is 31.2. The number of phenolic OH excluding ortho intramolecular Hbond substituents is 2. The summed E-state index contributed by atoms with van der Waals surface area (Å²) in [7, 11) is -4.61. The highest BCUT2D eigenvalue weighted by Gasteiger charge is 2.21. The summed E-state index contributed by atoms with van der Waals surface area (Å²) in [4.78, 5) is 30.2. The van der Waals surface area contributed by atoms with Crippen molar-refractivity contribution >= 4 is 19.2 Å². The van der Waals surface area contributed by atoms with E-state index in [2.05, 4.69) is 0 Å². The standard InChI is InChI=1S/C14H14NO6P/c16-10-6-4-9(5-7-10)8-13(18)14-11(15-22(19,20)21)2-1-3-12(14)17/h1-7,16-17H,8H2,(H3,15,19,20,21). The summed E-state index contributed by atoms with van der Waals surface area (Å²) >= 11 is 0. The first kappa shape index (κ1) is 16.0. The van der Waals surface area contributed by atoms with Crippen LogP contribution in [0, 0.1) is 0 Å². The molecule has 0 saturated carbocycles. The summed E-state index contributed by atoms with van der Waals surface area (Å²) in [5, 5.41) is 20.9. The highest BCUT2D eigenvalue weighted by Crippen LogP contribution is 2.39. The number of ketones is 1. The number of benzene rings is 2. The van der Waals surface area contributed by atoms with Crippen molar-refractivity contribution in [3.8, 4) is 11.5 Å². The number of aromatic hydroxyl groups is 2. The lowest BCUT2D eigenvalue weighted by molar-refractivity contribution is 0.0991. The maximum atomic E-state index is 12.3. The van der Waals surface area contributed by atoms with Gasteiger partial charge in [0.05, 0.1) is 11.3 Å². The molecule has 0 saturated heterocycles. The smallest absolute Gasteiger partial charge is 0.427 e. The zero-order valence-corrected chi connectivity index (χ0v) is 12.2. The van der Waals surface area contributed by atoms with Crippen LogP contribution in [-0.4, -0.2) is 25.8 Å². The average Bonchev–Trinajstić information content (AvgIpc) is 2.39. The Balaban J connectivity index is 2.32. The number of Topliss-reactive ketones (excluding diaryl/α,β-unsaturated/α-hetero) is 1. The van der Waals surface area contributed by atoms with Crippen LogP contribution in [0.5, 0.6) is 11.5 Å². The fourth-order valence-electron chi connectivity index (χ4n) is 1.97. The van der Waals surface area contributed by atoms with Gasteiger partial charge in [-0.1, -0.05) is 18.2 Å². The van der Waals surface area contributed by atoms with Crippen LogP contribution >= 0.6 is 7.75 Å². The minimum atomic E-state index is -4.61. The van der Waals surface area contributed by atoms with Gasteiger partial charge in [-0.25, -0.2) is 4.57 Å². The maximum absolute atomic E-state index is 12.3. The molecule has 0 atom stereocenters. The van der Waals surface area contributed by atoms with Crippen LogP contribution in [0.15, 0.2) is 42.5 Å². The molecule has 0 aromatic heterocycles. The minimum absolute atomic E-state index is 0.0580. The summed E-state index contributed by atoms with van der Waals surface area (Å²) < 4.78 is 11.0. The normalized spacial score (nSPS) is 11.2. The van der Waals surface area contributed by atoms with Crippen LogP contribution in [-0.2, 0) is 11.0 Å². The average molecular weight is 323 g/mol. The fraction of sp³-hybridized carbons (Fsp3) is 0.0714. The third-order valence-corrected chi connectivity index (χ3v) is 3.42. The van der Waals surface area contributed by atoms with Crippen LogP contribution < -0.4 is 5.09 Å². The van der Waals surface area contributed by atoms with Crippen molar-refractivity contribution in [3.63, 3.8) is 0 Å². The van der Waals surface area contributed by atoms with Gasteiger partial charge < -0.3 is 20.0 Å². The number of nitrogens with one attached hydrogen (secondary N) is 1. The molecule has 0 aliphatic heterocycles. The number of phenols is 2. The van der Waals surface area contributed by atoms with Gasteiger partial charge in [-0.2, -0.15) is 0 Å². The van der Waals surface area contributed by atoms with E-state index in [9.17, 15) is 19.6 Å². The van der Waals surface area contributed by atoms with E-state index in [1.54, 1.807) is 12.1 Å². The van der Waals surface area contributed by atoms with Crippen LogP contribution in [0.2, 0.25) is 0 Å². The van der Waals surface area contributed by atoms with E-state index in [4.69, 9.17) is 9.79 Å². The first-order chi connectivity index (χ1) is 10.3. The summed E-state index contributed by atoms with van der Waals surface area (Å²) in [5.41, 5.74) is 0.254.